The molecular weight excluding hydrogens is 440 g/mol. The van der Waals surface area contributed by atoms with E-state index in [0.29, 0.717) is 29.5 Å². The van der Waals surface area contributed by atoms with Gasteiger partial charge in [-0.05, 0) is 73.9 Å². The van der Waals surface area contributed by atoms with Gasteiger partial charge in [0, 0.05) is 41.9 Å². The lowest BCUT2D eigenvalue weighted by atomic mass is 10.1. The maximum atomic E-state index is 12.7. The Morgan fingerprint density at radius 1 is 0.857 bits per heavy atom. The van der Waals surface area contributed by atoms with Crippen molar-refractivity contribution in [3.8, 4) is 22.9 Å². The fraction of sp³-hybridized carbons (Fsp3) is 0.214. The number of hydrogen-bond acceptors (Lipinski definition) is 5. The van der Waals surface area contributed by atoms with Gasteiger partial charge in [0.15, 0.2) is 0 Å². The molecule has 176 valence electrons. The first-order chi connectivity index (χ1) is 17.1. The molecule has 0 saturated carbocycles. The van der Waals surface area contributed by atoms with Gasteiger partial charge in [-0.2, -0.15) is 0 Å². The van der Waals surface area contributed by atoms with Crippen molar-refractivity contribution in [3.05, 3.63) is 95.1 Å². The summed E-state index contributed by atoms with van der Waals surface area (Å²) >= 11 is 0. The topological polar surface area (TPSA) is 88.3 Å². The Morgan fingerprint density at radius 3 is 2.31 bits per heavy atom. The minimum absolute atomic E-state index is 0.0536. The van der Waals surface area contributed by atoms with Crippen LogP contribution in [0.3, 0.4) is 0 Å². The number of nitrogens with one attached hydrogen (secondary N) is 1. The van der Waals surface area contributed by atoms with Gasteiger partial charge in [-0.25, -0.2) is 0 Å². The third-order valence-electron chi connectivity index (χ3n) is 6.10. The van der Waals surface area contributed by atoms with E-state index in [2.05, 4.69) is 15.5 Å². The van der Waals surface area contributed by atoms with E-state index < -0.39 is 0 Å². The number of nitrogens with zero attached hydrogens (tertiary/aromatic N) is 3. The average Bonchev–Trinajstić information content (AvgIpc) is 3.60. The summed E-state index contributed by atoms with van der Waals surface area (Å²) in [5.74, 6) is 0.709. The number of amides is 2. The quantitative estimate of drug-likeness (QED) is 0.438. The highest BCUT2D eigenvalue weighted by molar-refractivity contribution is 5.95. The van der Waals surface area contributed by atoms with Gasteiger partial charge in [0.2, 0.25) is 11.8 Å². The highest BCUT2D eigenvalue weighted by Gasteiger charge is 2.19. The van der Waals surface area contributed by atoms with Crippen LogP contribution in [0.5, 0.6) is 0 Å². The SMILES string of the molecule is Cc1cccc(-c2nnc(-c3ccc(C(=O)NCc4cccc(C(=O)N5CCCC5)c4)cc3)o2)c1. The second-order valence-corrected chi connectivity index (χ2v) is 8.74. The molecule has 0 bridgehead atoms. The molecule has 7 heteroatoms. The van der Waals surface area contributed by atoms with Crippen LogP contribution in [0.15, 0.2) is 77.2 Å². The van der Waals surface area contributed by atoms with E-state index in [1.54, 1.807) is 24.3 Å². The molecule has 0 atom stereocenters. The fourth-order valence-electron chi connectivity index (χ4n) is 4.20. The lowest BCUT2D eigenvalue weighted by Crippen LogP contribution is -2.28. The molecule has 0 spiro atoms. The van der Waals surface area contributed by atoms with Gasteiger partial charge >= 0.3 is 0 Å². The van der Waals surface area contributed by atoms with Crippen molar-refractivity contribution in [2.45, 2.75) is 26.3 Å². The molecule has 1 aliphatic rings. The lowest BCUT2D eigenvalue weighted by Gasteiger charge is -2.15. The summed E-state index contributed by atoms with van der Waals surface area (Å²) in [4.78, 5) is 27.2. The summed E-state index contributed by atoms with van der Waals surface area (Å²) < 4.78 is 5.83. The van der Waals surface area contributed by atoms with Crippen LogP contribution in [0, 0.1) is 6.92 Å². The third kappa shape index (κ3) is 5.14. The Kier molecular flexibility index (Phi) is 6.39. The molecule has 35 heavy (non-hydrogen) atoms. The first-order valence-electron chi connectivity index (χ1n) is 11.7. The maximum absolute atomic E-state index is 12.7. The Morgan fingerprint density at radius 2 is 1.57 bits per heavy atom. The van der Waals surface area contributed by atoms with Crippen LogP contribution in [0.4, 0.5) is 0 Å². The molecular formula is C28H26N4O3. The largest absolute Gasteiger partial charge is 0.416 e. The van der Waals surface area contributed by atoms with Crippen LogP contribution < -0.4 is 5.32 Å². The Hall–Kier alpha value is -4.26. The molecule has 0 unspecified atom stereocenters. The zero-order valence-electron chi connectivity index (χ0n) is 19.5. The maximum Gasteiger partial charge on any atom is 0.253 e. The highest BCUT2D eigenvalue weighted by Crippen LogP contribution is 2.24. The number of rotatable bonds is 6. The number of hydrogen-bond donors (Lipinski definition) is 1. The normalized spacial score (nSPS) is 13.1. The van der Waals surface area contributed by atoms with Gasteiger partial charge in [0.25, 0.3) is 11.8 Å². The summed E-state index contributed by atoms with van der Waals surface area (Å²) in [7, 11) is 0. The molecule has 4 aromatic rings. The highest BCUT2D eigenvalue weighted by atomic mass is 16.4. The van der Waals surface area contributed by atoms with E-state index in [1.165, 1.54) is 0 Å². The van der Waals surface area contributed by atoms with E-state index in [0.717, 1.165) is 48.2 Å². The van der Waals surface area contributed by atoms with Crippen molar-refractivity contribution in [3.63, 3.8) is 0 Å². The van der Waals surface area contributed by atoms with E-state index in [1.807, 2.05) is 60.4 Å². The summed E-state index contributed by atoms with van der Waals surface area (Å²) in [6.07, 6.45) is 2.11. The molecule has 1 fully saturated rings. The molecule has 0 aliphatic carbocycles. The fourth-order valence-corrected chi connectivity index (χ4v) is 4.20. The van der Waals surface area contributed by atoms with Gasteiger partial charge in [-0.15, -0.1) is 10.2 Å². The number of carbonyl (C=O) groups excluding carboxylic acids is 2. The van der Waals surface area contributed by atoms with Crippen LogP contribution in [0.2, 0.25) is 0 Å². The van der Waals surface area contributed by atoms with Crippen molar-refractivity contribution in [1.29, 1.82) is 0 Å². The minimum atomic E-state index is -0.196. The monoisotopic (exact) mass is 466 g/mol. The second kappa shape index (κ2) is 9.93. The third-order valence-corrected chi connectivity index (χ3v) is 6.10. The summed E-state index contributed by atoms with van der Waals surface area (Å²) in [5, 5.41) is 11.2. The van der Waals surface area contributed by atoms with Gasteiger partial charge in [-0.3, -0.25) is 9.59 Å². The smallest absolute Gasteiger partial charge is 0.253 e. The number of carbonyl (C=O) groups is 2. The number of aryl methyl sites for hydroxylation is 1. The summed E-state index contributed by atoms with van der Waals surface area (Å²) in [6, 6.07) is 22.4. The van der Waals surface area contributed by atoms with Crippen LogP contribution in [0.25, 0.3) is 22.9 Å². The molecule has 7 nitrogen and oxygen atoms in total. The van der Waals surface area contributed by atoms with Gasteiger partial charge in [-0.1, -0.05) is 29.8 Å². The zero-order valence-corrected chi connectivity index (χ0v) is 19.5. The van der Waals surface area contributed by atoms with Gasteiger partial charge in [0.05, 0.1) is 0 Å². The first-order valence-corrected chi connectivity index (χ1v) is 11.7. The first kappa shape index (κ1) is 22.5. The minimum Gasteiger partial charge on any atom is -0.416 e. The van der Waals surface area contributed by atoms with Crippen molar-refractivity contribution < 1.29 is 14.0 Å². The Balaban J connectivity index is 1.21. The molecule has 1 aromatic heterocycles. The van der Waals surface area contributed by atoms with E-state index in [4.69, 9.17) is 4.42 Å². The van der Waals surface area contributed by atoms with Gasteiger partial charge in [0.1, 0.15) is 0 Å². The second-order valence-electron chi connectivity index (χ2n) is 8.74. The molecule has 2 heterocycles. The predicted octanol–water partition coefficient (Wildman–Crippen LogP) is 4.88. The summed E-state index contributed by atoms with van der Waals surface area (Å²) in [5.41, 5.74) is 4.79. The lowest BCUT2D eigenvalue weighted by molar-refractivity contribution is 0.0792. The van der Waals surface area contributed by atoms with E-state index in [9.17, 15) is 9.59 Å². The van der Waals surface area contributed by atoms with E-state index in [-0.39, 0.29) is 11.8 Å². The molecule has 1 aliphatic heterocycles. The molecule has 2 amide bonds. The Bertz CT molecular complexity index is 1350. The predicted molar refractivity (Wildman–Crippen MR) is 133 cm³/mol. The van der Waals surface area contributed by atoms with Crippen molar-refractivity contribution in [2.75, 3.05) is 13.1 Å². The molecule has 1 saturated heterocycles. The van der Waals surface area contributed by atoms with Crippen molar-refractivity contribution in [2.24, 2.45) is 0 Å². The number of aromatic nitrogens is 2. The average molecular weight is 467 g/mol. The van der Waals surface area contributed by atoms with Crippen LogP contribution in [-0.4, -0.2) is 40.0 Å². The van der Waals surface area contributed by atoms with Crippen molar-refractivity contribution in [1.82, 2.24) is 20.4 Å². The molecule has 0 radical (unpaired) electrons. The van der Waals surface area contributed by atoms with Crippen LogP contribution >= 0.6 is 0 Å². The van der Waals surface area contributed by atoms with E-state index >= 15 is 0 Å². The van der Waals surface area contributed by atoms with Crippen LogP contribution in [-0.2, 0) is 6.54 Å². The van der Waals surface area contributed by atoms with Crippen molar-refractivity contribution >= 4 is 11.8 Å². The molecule has 5 rings (SSSR count). The Labute approximate surface area is 203 Å². The number of likely N-dealkylation sites (tertiary alicyclic amines) is 1. The molecule has 1 N–H and O–H groups in total. The summed E-state index contributed by atoms with van der Waals surface area (Å²) in [6.45, 7) is 3.97. The standard InChI is InChI=1S/C28H26N4O3/c1-19-6-4-8-23(16-19)27-31-30-26(35-27)22-12-10-21(11-13-22)25(33)29-18-20-7-5-9-24(17-20)28(34)32-14-2-3-15-32/h4-13,16-17H,2-3,14-15,18H2,1H3,(H,29,33). The van der Waals surface area contributed by atoms with Crippen LogP contribution in [0.1, 0.15) is 44.7 Å². The van der Waals surface area contributed by atoms with Gasteiger partial charge < -0.3 is 14.6 Å². The number of benzene rings is 3. The zero-order chi connectivity index (χ0) is 24.2. The molecule has 3 aromatic carbocycles.